The summed E-state index contributed by atoms with van der Waals surface area (Å²) in [5, 5.41) is 14.9. The van der Waals surface area contributed by atoms with Crippen molar-refractivity contribution >= 4 is 17.8 Å². The fourth-order valence-electron chi connectivity index (χ4n) is 2.90. The van der Waals surface area contributed by atoms with Crippen molar-refractivity contribution in [1.82, 2.24) is 20.4 Å². The molecule has 0 spiro atoms. The van der Waals surface area contributed by atoms with Crippen LogP contribution < -0.4 is 10.6 Å². The highest BCUT2D eigenvalue weighted by Gasteiger charge is 2.40. The van der Waals surface area contributed by atoms with Crippen LogP contribution in [0, 0.1) is 5.92 Å². The first-order valence-corrected chi connectivity index (χ1v) is 9.17. The summed E-state index contributed by atoms with van der Waals surface area (Å²) in [4.78, 5) is 39.3. The molecule has 1 rings (SSSR count). The number of hydrogen-bond acceptors (Lipinski definition) is 5. The lowest BCUT2D eigenvalue weighted by atomic mass is 10.00. The fourth-order valence-corrected chi connectivity index (χ4v) is 2.90. The molecule has 0 radical (unpaired) electrons. The van der Waals surface area contributed by atoms with Crippen LogP contribution >= 0.6 is 0 Å². The first kappa shape index (κ1) is 24.2. The second-order valence-corrected chi connectivity index (χ2v) is 7.29. The monoisotopic (exact) mass is 410 g/mol. The minimum Gasteiger partial charge on any atom is -0.480 e. The number of alkyl halides is 3. The van der Waals surface area contributed by atoms with Gasteiger partial charge in [0.1, 0.15) is 12.1 Å². The maximum Gasteiger partial charge on any atom is 0.390 e. The number of carbonyl (C=O) groups excluding carboxylic acids is 2. The third-order valence-corrected chi connectivity index (χ3v) is 4.80. The Balaban J connectivity index is 2.88. The van der Waals surface area contributed by atoms with Crippen LogP contribution in [-0.4, -0.2) is 90.2 Å². The molecule has 162 valence electrons. The Labute approximate surface area is 162 Å². The van der Waals surface area contributed by atoms with Gasteiger partial charge < -0.3 is 20.6 Å². The van der Waals surface area contributed by atoms with Gasteiger partial charge in [0.25, 0.3) is 0 Å². The van der Waals surface area contributed by atoms with Gasteiger partial charge in [0.2, 0.25) is 11.8 Å². The molecule has 3 atom stereocenters. The predicted octanol–water partition coefficient (Wildman–Crippen LogP) is 0.285. The second-order valence-electron chi connectivity index (χ2n) is 7.29. The van der Waals surface area contributed by atoms with Gasteiger partial charge in [-0.15, -0.1) is 0 Å². The number of hydrogen-bond donors (Lipinski definition) is 3. The fraction of sp³-hybridized carbons (Fsp3) is 0.824. The Bertz CT molecular complexity index is 571. The highest BCUT2D eigenvalue weighted by molar-refractivity contribution is 5.92. The lowest BCUT2D eigenvalue weighted by Gasteiger charge is -2.41. The molecule has 0 aromatic carbocycles. The Morgan fingerprint density at radius 1 is 1.18 bits per heavy atom. The van der Waals surface area contributed by atoms with E-state index in [2.05, 4.69) is 10.6 Å². The van der Waals surface area contributed by atoms with Crippen molar-refractivity contribution in [2.45, 2.75) is 51.5 Å². The van der Waals surface area contributed by atoms with E-state index in [0.717, 1.165) is 4.90 Å². The molecule has 0 aromatic heterocycles. The molecule has 0 bridgehead atoms. The molecule has 0 saturated carbocycles. The van der Waals surface area contributed by atoms with E-state index >= 15 is 0 Å². The average Bonchev–Trinajstić information content (AvgIpc) is 2.61. The normalized spacial score (nSPS) is 20.7. The van der Waals surface area contributed by atoms with Gasteiger partial charge >= 0.3 is 12.1 Å². The molecular formula is C17H29F3N4O4. The largest absolute Gasteiger partial charge is 0.480 e. The SMILES string of the molecule is CNC(C)C(=O)NC(C(=O)N1CCN(CCC(F)(F)F)CC1C(=O)O)C(C)C. The molecule has 0 aromatic rings. The van der Waals surface area contributed by atoms with E-state index in [1.165, 1.54) is 4.90 Å². The van der Waals surface area contributed by atoms with Crippen molar-refractivity contribution in [3.8, 4) is 0 Å². The molecule has 1 aliphatic rings. The molecule has 11 heteroatoms. The van der Waals surface area contributed by atoms with Gasteiger partial charge in [-0.3, -0.25) is 14.5 Å². The van der Waals surface area contributed by atoms with E-state index < -0.39 is 48.5 Å². The van der Waals surface area contributed by atoms with Gasteiger partial charge in [-0.2, -0.15) is 13.2 Å². The van der Waals surface area contributed by atoms with E-state index in [1.54, 1.807) is 27.8 Å². The molecule has 8 nitrogen and oxygen atoms in total. The van der Waals surface area contributed by atoms with Gasteiger partial charge in [-0.05, 0) is 19.9 Å². The summed E-state index contributed by atoms with van der Waals surface area (Å²) in [6.45, 7) is 4.68. The summed E-state index contributed by atoms with van der Waals surface area (Å²) in [5.74, 6) is -2.53. The molecule has 1 heterocycles. The molecular weight excluding hydrogens is 381 g/mol. The molecule has 1 saturated heterocycles. The molecule has 1 aliphatic heterocycles. The maximum absolute atomic E-state index is 13.0. The zero-order chi connectivity index (χ0) is 21.6. The lowest BCUT2D eigenvalue weighted by Crippen LogP contribution is -2.63. The quantitative estimate of drug-likeness (QED) is 0.532. The van der Waals surface area contributed by atoms with Crippen LogP contribution in [0.1, 0.15) is 27.2 Å². The standard InChI is InChI=1S/C17H29F3N4O4/c1-10(2)13(22-14(25)11(3)21-4)15(26)24-8-7-23(6-5-17(18,19)20)9-12(24)16(27)28/h10-13,21H,5-9H2,1-4H3,(H,22,25)(H,27,28). The highest BCUT2D eigenvalue weighted by Crippen LogP contribution is 2.21. The van der Waals surface area contributed by atoms with Crippen LogP contribution in [0.2, 0.25) is 0 Å². The summed E-state index contributed by atoms with van der Waals surface area (Å²) >= 11 is 0. The molecule has 0 aliphatic carbocycles. The van der Waals surface area contributed by atoms with E-state index in [9.17, 15) is 32.7 Å². The number of carboxylic acids is 1. The van der Waals surface area contributed by atoms with Crippen molar-refractivity contribution in [3.05, 3.63) is 0 Å². The van der Waals surface area contributed by atoms with Crippen molar-refractivity contribution in [1.29, 1.82) is 0 Å². The molecule has 3 N–H and O–H groups in total. The first-order chi connectivity index (χ1) is 12.9. The highest BCUT2D eigenvalue weighted by atomic mass is 19.4. The van der Waals surface area contributed by atoms with Crippen LogP contribution in [0.4, 0.5) is 13.2 Å². The number of aliphatic carboxylic acids is 1. The number of carboxylic acid groups (broad SMARTS) is 1. The zero-order valence-electron chi connectivity index (χ0n) is 16.5. The molecule has 1 fully saturated rings. The summed E-state index contributed by atoms with van der Waals surface area (Å²) < 4.78 is 37.3. The van der Waals surface area contributed by atoms with E-state index in [-0.39, 0.29) is 32.1 Å². The Kier molecular flexibility index (Phi) is 8.68. The Hall–Kier alpha value is -1.88. The number of amides is 2. The van der Waals surface area contributed by atoms with Gasteiger partial charge in [-0.25, -0.2) is 4.79 Å². The first-order valence-electron chi connectivity index (χ1n) is 9.17. The molecule has 28 heavy (non-hydrogen) atoms. The van der Waals surface area contributed by atoms with E-state index in [1.807, 2.05) is 0 Å². The van der Waals surface area contributed by atoms with E-state index in [4.69, 9.17) is 0 Å². The van der Waals surface area contributed by atoms with Gasteiger partial charge in [0.15, 0.2) is 0 Å². The van der Waals surface area contributed by atoms with Gasteiger partial charge in [0, 0.05) is 26.2 Å². The van der Waals surface area contributed by atoms with Crippen molar-refractivity contribution in [3.63, 3.8) is 0 Å². The predicted molar refractivity (Wildman–Crippen MR) is 95.5 cm³/mol. The lowest BCUT2D eigenvalue weighted by molar-refractivity contribution is -0.157. The summed E-state index contributed by atoms with van der Waals surface area (Å²) in [6.07, 6.45) is -5.37. The van der Waals surface area contributed by atoms with Gasteiger partial charge in [-0.1, -0.05) is 13.8 Å². The third-order valence-electron chi connectivity index (χ3n) is 4.80. The van der Waals surface area contributed by atoms with Crippen LogP contribution in [0.5, 0.6) is 0 Å². The molecule has 2 amide bonds. The number of piperazine rings is 1. The number of nitrogens with zero attached hydrogens (tertiary/aromatic N) is 2. The number of likely N-dealkylation sites (N-methyl/N-ethyl adjacent to an activating group) is 1. The molecule has 3 unspecified atom stereocenters. The van der Waals surface area contributed by atoms with Crippen molar-refractivity contribution < 1.29 is 32.7 Å². The average molecular weight is 410 g/mol. The Morgan fingerprint density at radius 3 is 2.25 bits per heavy atom. The van der Waals surface area contributed by atoms with Crippen LogP contribution in [0.3, 0.4) is 0 Å². The van der Waals surface area contributed by atoms with Crippen LogP contribution in [-0.2, 0) is 14.4 Å². The number of nitrogens with one attached hydrogen (secondary N) is 2. The Morgan fingerprint density at radius 2 is 1.79 bits per heavy atom. The minimum absolute atomic E-state index is 0.0195. The zero-order valence-corrected chi connectivity index (χ0v) is 16.5. The topological polar surface area (TPSA) is 102 Å². The van der Waals surface area contributed by atoms with Crippen LogP contribution in [0.15, 0.2) is 0 Å². The summed E-state index contributed by atoms with van der Waals surface area (Å²) in [7, 11) is 1.59. The smallest absolute Gasteiger partial charge is 0.390 e. The number of rotatable bonds is 8. The second kappa shape index (κ2) is 10.1. The van der Waals surface area contributed by atoms with Crippen molar-refractivity contribution in [2.75, 3.05) is 33.2 Å². The van der Waals surface area contributed by atoms with E-state index in [0.29, 0.717) is 0 Å². The third kappa shape index (κ3) is 6.93. The van der Waals surface area contributed by atoms with Crippen molar-refractivity contribution in [2.24, 2.45) is 5.92 Å². The van der Waals surface area contributed by atoms with Gasteiger partial charge in [0.05, 0.1) is 12.5 Å². The summed E-state index contributed by atoms with van der Waals surface area (Å²) in [5.41, 5.74) is 0. The summed E-state index contributed by atoms with van der Waals surface area (Å²) in [6, 6.07) is -2.73. The minimum atomic E-state index is -4.33. The number of carbonyl (C=O) groups is 3. The maximum atomic E-state index is 13.0. The van der Waals surface area contributed by atoms with Crippen LogP contribution in [0.25, 0.3) is 0 Å². The number of halogens is 3.